The van der Waals surface area contributed by atoms with Gasteiger partial charge in [-0.05, 0) is 45.9 Å². The molecule has 0 radical (unpaired) electrons. The van der Waals surface area contributed by atoms with Gasteiger partial charge >= 0.3 is 0 Å². The highest BCUT2D eigenvalue weighted by Gasteiger charge is 2.37. The fourth-order valence-corrected chi connectivity index (χ4v) is 3.25. The van der Waals surface area contributed by atoms with Crippen LogP contribution in [0, 0.1) is 0 Å². The van der Waals surface area contributed by atoms with Gasteiger partial charge in [0.2, 0.25) is 0 Å². The van der Waals surface area contributed by atoms with Gasteiger partial charge in [-0.25, -0.2) is 0 Å². The van der Waals surface area contributed by atoms with Crippen molar-refractivity contribution in [2.45, 2.75) is 38.9 Å². The number of halogens is 1. The van der Waals surface area contributed by atoms with Crippen LogP contribution >= 0.6 is 11.6 Å². The number of benzene rings is 1. The minimum absolute atomic E-state index is 0.0855. The molecule has 0 unspecified atom stereocenters. The molecule has 1 aromatic carbocycles. The maximum absolute atomic E-state index is 6.09. The zero-order valence-corrected chi connectivity index (χ0v) is 13.6. The molecular formula is C16H25ClN2O. The van der Waals surface area contributed by atoms with Gasteiger partial charge in [0.05, 0.1) is 11.2 Å². The van der Waals surface area contributed by atoms with Crippen molar-refractivity contribution in [1.82, 2.24) is 4.90 Å². The number of nitrogens with one attached hydrogen (secondary N) is 1. The summed E-state index contributed by atoms with van der Waals surface area (Å²) < 4.78 is 6.09. The summed E-state index contributed by atoms with van der Waals surface area (Å²) in [5.41, 5.74) is 0.902. The van der Waals surface area contributed by atoms with Crippen LogP contribution in [0.3, 0.4) is 0 Å². The third-order valence-corrected chi connectivity index (χ3v) is 3.58. The molecule has 1 aromatic rings. The normalized spacial score (nSPS) is 21.6. The molecule has 0 saturated carbocycles. The number of morpholine rings is 1. The Labute approximate surface area is 127 Å². The third kappa shape index (κ3) is 4.65. The molecule has 0 aromatic heterocycles. The zero-order chi connectivity index (χ0) is 14.8. The van der Waals surface area contributed by atoms with Crippen LogP contribution in [0.15, 0.2) is 24.3 Å². The summed E-state index contributed by atoms with van der Waals surface area (Å²) in [6, 6.07) is 7.85. The van der Waals surface area contributed by atoms with Crippen LogP contribution in [0.2, 0.25) is 5.02 Å². The van der Waals surface area contributed by atoms with Crippen LogP contribution in [-0.4, -0.2) is 42.3 Å². The fraction of sp³-hybridized carbons (Fsp3) is 0.625. The molecule has 1 saturated heterocycles. The molecule has 0 amide bonds. The molecule has 4 heteroatoms. The van der Waals surface area contributed by atoms with E-state index in [1.165, 1.54) is 0 Å². The van der Waals surface area contributed by atoms with Crippen LogP contribution in [-0.2, 0) is 4.74 Å². The topological polar surface area (TPSA) is 24.5 Å². The summed E-state index contributed by atoms with van der Waals surface area (Å²) in [5, 5.41) is 4.19. The van der Waals surface area contributed by atoms with Gasteiger partial charge in [-0.15, -0.1) is 0 Å². The maximum Gasteiger partial charge on any atom is 0.0760 e. The van der Waals surface area contributed by atoms with E-state index in [0.29, 0.717) is 0 Å². The van der Waals surface area contributed by atoms with Gasteiger partial charge in [0.25, 0.3) is 0 Å². The van der Waals surface area contributed by atoms with Gasteiger partial charge in [-0.1, -0.05) is 17.7 Å². The lowest BCUT2D eigenvalue weighted by Gasteiger charge is -2.47. The van der Waals surface area contributed by atoms with Crippen LogP contribution in [0.4, 0.5) is 5.69 Å². The first-order chi connectivity index (χ1) is 9.26. The summed E-state index contributed by atoms with van der Waals surface area (Å²) >= 11 is 5.98. The first-order valence-electron chi connectivity index (χ1n) is 7.18. The van der Waals surface area contributed by atoms with Crippen molar-refractivity contribution in [3.8, 4) is 0 Å². The summed E-state index contributed by atoms with van der Waals surface area (Å²) in [6.45, 7) is 12.5. The summed E-state index contributed by atoms with van der Waals surface area (Å²) in [6.07, 6.45) is 0. The molecule has 0 atom stereocenters. The Morgan fingerprint density at radius 1 is 1.20 bits per heavy atom. The Kier molecular flexibility index (Phi) is 4.62. The Morgan fingerprint density at radius 3 is 2.45 bits per heavy atom. The predicted octanol–water partition coefficient (Wildman–Crippen LogP) is 3.64. The van der Waals surface area contributed by atoms with Gasteiger partial charge in [0, 0.05) is 36.9 Å². The molecule has 0 spiro atoms. The first kappa shape index (κ1) is 15.6. The molecule has 1 fully saturated rings. The SMILES string of the molecule is CC1(C)CN(CCNc2cccc(Cl)c2)CC(C)(C)O1. The summed E-state index contributed by atoms with van der Waals surface area (Å²) in [7, 11) is 0. The van der Waals surface area contributed by atoms with Crippen LogP contribution in [0.25, 0.3) is 0 Å². The molecule has 3 nitrogen and oxygen atoms in total. The van der Waals surface area contributed by atoms with E-state index in [1.54, 1.807) is 0 Å². The standard InChI is InChI=1S/C16H25ClN2O/c1-15(2)11-19(12-16(3,4)20-15)9-8-18-14-7-5-6-13(17)10-14/h5-7,10,18H,8-9,11-12H2,1-4H3. The summed E-state index contributed by atoms with van der Waals surface area (Å²) in [4.78, 5) is 2.46. The second-order valence-corrected chi connectivity index (χ2v) is 7.21. The van der Waals surface area contributed by atoms with Crippen molar-refractivity contribution in [2.75, 3.05) is 31.5 Å². The van der Waals surface area contributed by atoms with Crippen LogP contribution in [0.5, 0.6) is 0 Å². The Balaban J connectivity index is 1.84. The lowest BCUT2D eigenvalue weighted by molar-refractivity contribution is -0.179. The number of hydrogen-bond acceptors (Lipinski definition) is 3. The number of hydrogen-bond donors (Lipinski definition) is 1. The lowest BCUT2D eigenvalue weighted by Crippen LogP contribution is -2.57. The third-order valence-electron chi connectivity index (χ3n) is 3.34. The molecule has 1 N–H and O–H groups in total. The molecule has 0 bridgehead atoms. The smallest absolute Gasteiger partial charge is 0.0760 e. The monoisotopic (exact) mass is 296 g/mol. The van der Waals surface area contributed by atoms with E-state index in [4.69, 9.17) is 16.3 Å². The Hall–Kier alpha value is -0.770. The van der Waals surface area contributed by atoms with E-state index in [9.17, 15) is 0 Å². The van der Waals surface area contributed by atoms with E-state index < -0.39 is 0 Å². The Bertz CT molecular complexity index is 444. The van der Waals surface area contributed by atoms with Crippen molar-refractivity contribution < 1.29 is 4.74 Å². The molecule has 1 heterocycles. The van der Waals surface area contributed by atoms with Crippen molar-refractivity contribution in [3.63, 3.8) is 0 Å². The largest absolute Gasteiger partial charge is 0.384 e. The summed E-state index contributed by atoms with van der Waals surface area (Å²) in [5.74, 6) is 0. The average Bonchev–Trinajstić information content (AvgIpc) is 2.24. The van der Waals surface area contributed by atoms with E-state index in [0.717, 1.165) is 36.9 Å². The van der Waals surface area contributed by atoms with Gasteiger partial charge in [0.15, 0.2) is 0 Å². The second kappa shape index (κ2) is 5.92. The lowest BCUT2D eigenvalue weighted by atomic mass is 9.99. The molecule has 1 aliphatic heterocycles. The van der Waals surface area contributed by atoms with Gasteiger partial charge < -0.3 is 10.1 Å². The van der Waals surface area contributed by atoms with Crippen molar-refractivity contribution in [3.05, 3.63) is 29.3 Å². The second-order valence-electron chi connectivity index (χ2n) is 6.77. The van der Waals surface area contributed by atoms with E-state index in [2.05, 4.69) is 37.9 Å². The predicted molar refractivity (Wildman–Crippen MR) is 85.6 cm³/mol. The highest BCUT2D eigenvalue weighted by molar-refractivity contribution is 6.30. The maximum atomic E-state index is 6.09. The van der Waals surface area contributed by atoms with Crippen LogP contribution < -0.4 is 5.32 Å². The molecule has 0 aliphatic carbocycles. The van der Waals surface area contributed by atoms with E-state index in [-0.39, 0.29) is 11.2 Å². The van der Waals surface area contributed by atoms with E-state index in [1.807, 2.05) is 24.3 Å². The van der Waals surface area contributed by atoms with Crippen molar-refractivity contribution >= 4 is 17.3 Å². The quantitative estimate of drug-likeness (QED) is 0.918. The zero-order valence-electron chi connectivity index (χ0n) is 12.9. The number of ether oxygens (including phenoxy) is 1. The van der Waals surface area contributed by atoms with Crippen LogP contribution in [0.1, 0.15) is 27.7 Å². The van der Waals surface area contributed by atoms with Gasteiger partial charge in [-0.2, -0.15) is 0 Å². The van der Waals surface area contributed by atoms with E-state index >= 15 is 0 Å². The number of nitrogens with zero attached hydrogens (tertiary/aromatic N) is 1. The van der Waals surface area contributed by atoms with Crippen molar-refractivity contribution in [2.24, 2.45) is 0 Å². The Morgan fingerprint density at radius 2 is 1.85 bits per heavy atom. The molecule has 2 rings (SSSR count). The van der Waals surface area contributed by atoms with Crippen molar-refractivity contribution in [1.29, 1.82) is 0 Å². The number of anilines is 1. The number of rotatable bonds is 4. The average molecular weight is 297 g/mol. The first-order valence-corrected chi connectivity index (χ1v) is 7.56. The molecule has 1 aliphatic rings. The fourth-order valence-electron chi connectivity index (χ4n) is 3.06. The van der Waals surface area contributed by atoms with Gasteiger partial charge in [0.1, 0.15) is 0 Å². The molecular weight excluding hydrogens is 272 g/mol. The van der Waals surface area contributed by atoms with Gasteiger partial charge in [-0.3, -0.25) is 4.90 Å². The highest BCUT2D eigenvalue weighted by Crippen LogP contribution is 2.27. The minimum Gasteiger partial charge on any atom is -0.384 e. The minimum atomic E-state index is -0.0855. The molecule has 112 valence electrons. The highest BCUT2D eigenvalue weighted by atomic mass is 35.5. The molecule has 20 heavy (non-hydrogen) atoms.